The van der Waals surface area contributed by atoms with Crippen molar-refractivity contribution >= 4 is 29.0 Å². The van der Waals surface area contributed by atoms with Crippen molar-refractivity contribution in [3.63, 3.8) is 0 Å². The Morgan fingerprint density at radius 2 is 1.66 bits per heavy atom. The maximum absolute atomic E-state index is 14.4. The van der Waals surface area contributed by atoms with E-state index in [1.807, 2.05) is 30.3 Å². The molecule has 0 spiro atoms. The molecule has 2 aromatic carbocycles. The lowest BCUT2D eigenvalue weighted by molar-refractivity contribution is -0.142. The molecular formula is C30H27NO6S. The number of thiophene rings is 1. The molecule has 8 heteroatoms. The Morgan fingerprint density at radius 3 is 2.21 bits per heavy atom. The minimum atomic E-state index is -1.29. The zero-order valence-corrected chi connectivity index (χ0v) is 22.0. The largest absolute Gasteiger partial charge is 0.497 e. The molecule has 1 fully saturated rings. The average Bonchev–Trinajstić information content (AvgIpc) is 3.66. The molecule has 4 unspecified atom stereocenters. The number of methoxy groups -OCH3 is 1. The van der Waals surface area contributed by atoms with Gasteiger partial charge in [0.2, 0.25) is 0 Å². The van der Waals surface area contributed by atoms with Crippen molar-refractivity contribution in [1.82, 2.24) is 4.90 Å². The van der Waals surface area contributed by atoms with Gasteiger partial charge in [-0.25, -0.2) is 4.79 Å². The Morgan fingerprint density at radius 1 is 0.947 bits per heavy atom. The van der Waals surface area contributed by atoms with E-state index in [9.17, 15) is 19.5 Å². The van der Waals surface area contributed by atoms with Gasteiger partial charge < -0.3 is 19.2 Å². The summed E-state index contributed by atoms with van der Waals surface area (Å²) in [6.07, 6.45) is 0. The Labute approximate surface area is 224 Å². The lowest BCUT2D eigenvalue weighted by Crippen LogP contribution is -2.43. The van der Waals surface area contributed by atoms with Crippen LogP contribution < -0.4 is 4.74 Å². The summed E-state index contributed by atoms with van der Waals surface area (Å²) in [5.41, 5.74) is 1.72. The molecule has 4 atom stereocenters. The van der Waals surface area contributed by atoms with Gasteiger partial charge in [0.05, 0.1) is 29.5 Å². The van der Waals surface area contributed by atoms with Gasteiger partial charge in [0, 0.05) is 5.92 Å². The minimum Gasteiger partial charge on any atom is -0.497 e. The number of hydrogen-bond acceptors (Lipinski definition) is 6. The highest BCUT2D eigenvalue weighted by Crippen LogP contribution is 2.52. The first-order valence-electron chi connectivity index (χ1n) is 12.2. The van der Waals surface area contributed by atoms with Gasteiger partial charge >= 0.3 is 5.97 Å². The molecule has 1 saturated heterocycles. The van der Waals surface area contributed by atoms with Crippen LogP contribution in [0.1, 0.15) is 54.6 Å². The Kier molecular flexibility index (Phi) is 6.91. The monoisotopic (exact) mass is 529 g/mol. The lowest BCUT2D eigenvalue weighted by atomic mass is 9.76. The molecule has 1 aliphatic rings. The molecule has 0 saturated carbocycles. The number of likely N-dealkylation sites (tertiary alicyclic amines) is 1. The first-order chi connectivity index (χ1) is 18.3. The zero-order valence-electron chi connectivity index (χ0n) is 21.2. The molecule has 7 nitrogen and oxygen atoms in total. The third-order valence-electron chi connectivity index (χ3n) is 7.14. The first kappa shape index (κ1) is 25.5. The molecule has 5 rings (SSSR count). The van der Waals surface area contributed by atoms with Crippen LogP contribution >= 0.6 is 11.3 Å². The van der Waals surface area contributed by atoms with E-state index < -0.39 is 35.8 Å². The van der Waals surface area contributed by atoms with Crippen molar-refractivity contribution in [2.24, 2.45) is 5.92 Å². The van der Waals surface area contributed by atoms with Crippen LogP contribution in [0.25, 0.3) is 0 Å². The first-order valence-corrected chi connectivity index (χ1v) is 13.1. The number of rotatable bonds is 7. The van der Waals surface area contributed by atoms with Gasteiger partial charge in [0.1, 0.15) is 23.3 Å². The molecule has 0 bridgehead atoms. The third kappa shape index (κ3) is 4.41. The fraction of sp³-hybridized carbons (Fsp3) is 0.233. The van der Waals surface area contributed by atoms with Crippen LogP contribution in [0.2, 0.25) is 0 Å². The molecule has 0 aliphatic carbocycles. The van der Waals surface area contributed by atoms with Crippen LogP contribution in [0.3, 0.4) is 0 Å². The van der Waals surface area contributed by atoms with Crippen LogP contribution in [-0.2, 0) is 4.79 Å². The number of carbonyl (C=O) groups is 3. The Balaban J connectivity index is 1.77. The summed E-state index contributed by atoms with van der Waals surface area (Å²) in [5.74, 6) is -1.91. The van der Waals surface area contributed by atoms with Gasteiger partial charge in [0.25, 0.3) is 5.91 Å². The molecular weight excluding hydrogens is 502 g/mol. The summed E-state index contributed by atoms with van der Waals surface area (Å²) < 4.78 is 11.0. The second kappa shape index (κ2) is 10.3. The molecule has 0 radical (unpaired) electrons. The average molecular weight is 530 g/mol. The fourth-order valence-corrected chi connectivity index (χ4v) is 6.23. The number of hydrogen-bond donors (Lipinski definition) is 1. The number of carboxylic acid groups (broad SMARTS) is 1. The van der Waals surface area contributed by atoms with Crippen LogP contribution in [0.5, 0.6) is 5.75 Å². The van der Waals surface area contributed by atoms with Crippen molar-refractivity contribution in [3.8, 4) is 5.75 Å². The standard InChI is InChI=1S/C30H27NO6S/c1-17-16-22(18(2)37-17)28(32)25-24(19-11-13-21(36-3)14-12-19)27(30(34)35)31(29(33)23-10-7-15-38-23)26(25)20-8-5-4-6-9-20/h4-16,24-27H,1-3H3,(H,34,35). The number of benzene rings is 2. The van der Waals surface area contributed by atoms with Crippen LogP contribution in [0.15, 0.2) is 82.6 Å². The number of furan rings is 1. The van der Waals surface area contributed by atoms with Gasteiger partial charge in [-0.3, -0.25) is 9.59 Å². The van der Waals surface area contributed by atoms with Crippen LogP contribution in [0, 0.1) is 19.8 Å². The molecule has 2 aromatic heterocycles. The van der Waals surface area contributed by atoms with Crippen molar-refractivity contribution in [2.75, 3.05) is 7.11 Å². The van der Waals surface area contributed by atoms with E-state index in [0.29, 0.717) is 38.8 Å². The molecule has 4 aromatic rings. The second-order valence-corrected chi connectivity index (χ2v) is 10.3. The zero-order chi connectivity index (χ0) is 27.0. The number of amides is 1. The highest BCUT2D eigenvalue weighted by Gasteiger charge is 2.58. The number of aryl methyl sites for hydroxylation is 2. The van der Waals surface area contributed by atoms with E-state index in [0.717, 1.165) is 0 Å². The Hall–Kier alpha value is -4.17. The van der Waals surface area contributed by atoms with Crippen molar-refractivity contribution in [1.29, 1.82) is 0 Å². The number of Topliss-reactive ketones (excluding diaryl/α,β-unsaturated/α-hetero) is 1. The van der Waals surface area contributed by atoms with Crippen molar-refractivity contribution in [2.45, 2.75) is 31.8 Å². The van der Waals surface area contributed by atoms with Gasteiger partial charge in [-0.05, 0) is 54.6 Å². The molecule has 1 aliphatic heterocycles. The highest BCUT2D eigenvalue weighted by molar-refractivity contribution is 7.12. The number of carboxylic acids is 1. The number of ether oxygens (including phenoxy) is 1. The predicted octanol–water partition coefficient (Wildman–Crippen LogP) is 5.90. The molecule has 1 amide bonds. The number of ketones is 1. The summed E-state index contributed by atoms with van der Waals surface area (Å²) in [4.78, 5) is 43.2. The number of aliphatic carboxylic acids is 1. The maximum atomic E-state index is 14.4. The third-order valence-corrected chi connectivity index (χ3v) is 7.99. The van der Waals surface area contributed by atoms with Crippen LogP contribution in [0.4, 0.5) is 0 Å². The SMILES string of the molecule is COc1ccc(C2C(C(=O)c3cc(C)oc3C)C(c3ccccc3)N(C(=O)c3cccs3)C2C(=O)O)cc1. The fourth-order valence-electron chi connectivity index (χ4n) is 5.56. The van der Waals surface area contributed by atoms with E-state index in [1.165, 1.54) is 16.2 Å². The van der Waals surface area contributed by atoms with E-state index >= 15 is 0 Å². The predicted molar refractivity (Wildman–Crippen MR) is 143 cm³/mol. The second-order valence-electron chi connectivity index (χ2n) is 9.34. The molecule has 194 valence electrons. The van der Waals surface area contributed by atoms with Crippen molar-refractivity contribution in [3.05, 3.63) is 111 Å². The topological polar surface area (TPSA) is 97.0 Å². The summed E-state index contributed by atoms with van der Waals surface area (Å²) in [6, 6.07) is 19.2. The van der Waals surface area contributed by atoms with E-state index in [1.54, 1.807) is 68.8 Å². The molecule has 38 heavy (non-hydrogen) atoms. The Bertz CT molecular complexity index is 1460. The number of carbonyl (C=O) groups excluding carboxylic acids is 2. The van der Waals surface area contributed by atoms with E-state index in [4.69, 9.17) is 9.15 Å². The smallest absolute Gasteiger partial charge is 0.327 e. The lowest BCUT2D eigenvalue weighted by Gasteiger charge is -2.30. The van der Waals surface area contributed by atoms with Gasteiger partial charge in [-0.1, -0.05) is 48.5 Å². The van der Waals surface area contributed by atoms with Gasteiger partial charge in [-0.15, -0.1) is 11.3 Å². The van der Waals surface area contributed by atoms with Crippen molar-refractivity contribution < 1.29 is 28.6 Å². The summed E-state index contributed by atoms with van der Waals surface area (Å²) in [5, 5.41) is 12.4. The quantitative estimate of drug-likeness (QED) is 0.300. The highest BCUT2D eigenvalue weighted by atomic mass is 32.1. The molecule has 3 heterocycles. The van der Waals surface area contributed by atoms with E-state index in [2.05, 4.69) is 0 Å². The summed E-state index contributed by atoms with van der Waals surface area (Å²) in [7, 11) is 1.55. The molecule has 1 N–H and O–H groups in total. The van der Waals surface area contributed by atoms with Crippen LogP contribution in [-0.4, -0.2) is 40.8 Å². The summed E-state index contributed by atoms with van der Waals surface area (Å²) >= 11 is 1.24. The number of nitrogens with zero attached hydrogens (tertiary/aromatic N) is 1. The van der Waals surface area contributed by atoms with E-state index in [-0.39, 0.29) is 5.78 Å². The minimum absolute atomic E-state index is 0.262. The normalized spacial score (nSPS) is 20.9. The summed E-state index contributed by atoms with van der Waals surface area (Å²) in [6.45, 7) is 3.49. The van der Waals surface area contributed by atoms with Gasteiger partial charge in [-0.2, -0.15) is 0 Å². The maximum Gasteiger partial charge on any atom is 0.327 e. The van der Waals surface area contributed by atoms with Gasteiger partial charge in [0.15, 0.2) is 5.78 Å².